The van der Waals surface area contributed by atoms with Crippen molar-refractivity contribution >= 4 is 17.7 Å². The molecule has 0 aromatic carbocycles. The molecule has 0 aromatic heterocycles. The molecular formula is C11H12O5. The molecule has 1 aliphatic rings. The van der Waals surface area contributed by atoms with Crippen LogP contribution in [0.2, 0.25) is 0 Å². The first-order valence-corrected chi connectivity index (χ1v) is 4.68. The summed E-state index contributed by atoms with van der Waals surface area (Å²) in [6.07, 6.45) is 2.34. The van der Waals surface area contributed by atoms with E-state index in [9.17, 15) is 14.4 Å². The van der Waals surface area contributed by atoms with E-state index < -0.39 is 23.1 Å². The number of hydrogen-bond donors (Lipinski definition) is 2. The summed E-state index contributed by atoms with van der Waals surface area (Å²) < 4.78 is 0. The molecule has 16 heavy (non-hydrogen) atoms. The Hall–Kier alpha value is -1.91. The smallest absolute Gasteiger partial charge is 0.331 e. The molecule has 0 saturated heterocycles. The van der Waals surface area contributed by atoms with Gasteiger partial charge in [0, 0.05) is 12.0 Å². The molecule has 0 bridgehead atoms. The van der Waals surface area contributed by atoms with Crippen LogP contribution in [0.15, 0.2) is 23.3 Å². The Balaban J connectivity index is 3.26. The molecule has 0 amide bonds. The van der Waals surface area contributed by atoms with Crippen LogP contribution in [0.25, 0.3) is 0 Å². The van der Waals surface area contributed by atoms with E-state index in [0.717, 1.165) is 6.92 Å². The second-order valence-electron chi connectivity index (χ2n) is 3.81. The number of carbonyl (C=O) groups excluding carboxylic acids is 1. The molecule has 5 nitrogen and oxygen atoms in total. The maximum absolute atomic E-state index is 11.4. The summed E-state index contributed by atoms with van der Waals surface area (Å²) in [4.78, 5) is 33.4. The van der Waals surface area contributed by atoms with Crippen LogP contribution in [-0.2, 0) is 14.4 Å². The fourth-order valence-electron chi connectivity index (χ4n) is 1.63. The molecule has 0 aromatic rings. The number of allylic oxidation sites excluding steroid dienone is 2. The minimum Gasteiger partial charge on any atom is -0.480 e. The highest BCUT2D eigenvalue weighted by molar-refractivity contribution is 6.06. The van der Waals surface area contributed by atoms with E-state index in [1.54, 1.807) is 6.92 Å². The molecule has 0 saturated carbocycles. The van der Waals surface area contributed by atoms with Gasteiger partial charge in [0.1, 0.15) is 5.41 Å². The number of Topliss-reactive ketones (excluding diaryl/α,β-unsaturated/α-hetero) is 1. The molecule has 0 spiro atoms. The van der Waals surface area contributed by atoms with Crippen LogP contribution in [-0.4, -0.2) is 27.9 Å². The highest BCUT2D eigenvalue weighted by Gasteiger charge is 2.44. The number of ketones is 1. The lowest BCUT2D eigenvalue weighted by Crippen LogP contribution is -2.38. The van der Waals surface area contributed by atoms with Crippen LogP contribution < -0.4 is 0 Å². The van der Waals surface area contributed by atoms with Gasteiger partial charge in [-0.15, -0.1) is 0 Å². The molecule has 0 radical (unpaired) electrons. The summed E-state index contributed by atoms with van der Waals surface area (Å²) in [5, 5.41) is 18.0. The zero-order chi connectivity index (χ0) is 12.5. The molecule has 1 unspecified atom stereocenters. The van der Waals surface area contributed by atoms with Gasteiger partial charge >= 0.3 is 11.9 Å². The molecular weight excluding hydrogens is 212 g/mol. The first kappa shape index (κ1) is 12.2. The van der Waals surface area contributed by atoms with Crippen LogP contribution in [0, 0.1) is 5.41 Å². The Labute approximate surface area is 92.1 Å². The second kappa shape index (κ2) is 3.92. The van der Waals surface area contributed by atoms with Gasteiger partial charge < -0.3 is 10.2 Å². The number of carboxylic acid groups (broad SMARTS) is 2. The molecule has 1 aliphatic carbocycles. The maximum Gasteiger partial charge on any atom is 0.331 e. The SMILES string of the molecule is CC(=O)C1(C(=O)O)C=CC(C)=C(C(=O)O)C1. The molecule has 86 valence electrons. The largest absolute Gasteiger partial charge is 0.480 e. The predicted octanol–water partition coefficient (Wildman–Crippen LogP) is 1.01. The Morgan fingerprint density at radius 1 is 1.31 bits per heavy atom. The molecule has 0 fully saturated rings. The fraction of sp³-hybridized carbons (Fsp3) is 0.364. The van der Waals surface area contributed by atoms with Crippen LogP contribution in [0.5, 0.6) is 0 Å². The van der Waals surface area contributed by atoms with E-state index in [1.165, 1.54) is 12.2 Å². The van der Waals surface area contributed by atoms with Gasteiger partial charge in [0.2, 0.25) is 0 Å². The Morgan fingerprint density at radius 3 is 2.25 bits per heavy atom. The van der Waals surface area contributed by atoms with Gasteiger partial charge in [-0.1, -0.05) is 12.2 Å². The van der Waals surface area contributed by atoms with Gasteiger partial charge in [0.25, 0.3) is 0 Å². The van der Waals surface area contributed by atoms with Crippen molar-refractivity contribution in [1.82, 2.24) is 0 Å². The van der Waals surface area contributed by atoms with Crippen molar-refractivity contribution in [1.29, 1.82) is 0 Å². The van der Waals surface area contributed by atoms with Crippen LogP contribution >= 0.6 is 0 Å². The first-order chi connectivity index (χ1) is 7.31. The third-order valence-corrected chi connectivity index (χ3v) is 2.82. The topological polar surface area (TPSA) is 91.7 Å². The number of rotatable bonds is 3. The lowest BCUT2D eigenvalue weighted by atomic mass is 9.74. The summed E-state index contributed by atoms with van der Waals surface area (Å²) >= 11 is 0. The van der Waals surface area contributed by atoms with Crippen molar-refractivity contribution in [3.05, 3.63) is 23.3 Å². The fourth-order valence-corrected chi connectivity index (χ4v) is 1.63. The van der Waals surface area contributed by atoms with Crippen molar-refractivity contribution in [2.45, 2.75) is 20.3 Å². The van der Waals surface area contributed by atoms with Gasteiger partial charge in [-0.25, -0.2) is 4.79 Å². The lowest BCUT2D eigenvalue weighted by Gasteiger charge is -2.27. The normalized spacial score (nSPS) is 24.4. The highest BCUT2D eigenvalue weighted by atomic mass is 16.4. The average molecular weight is 224 g/mol. The zero-order valence-corrected chi connectivity index (χ0v) is 8.98. The summed E-state index contributed by atoms with van der Waals surface area (Å²) in [5.41, 5.74) is -1.28. The number of carboxylic acids is 2. The van der Waals surface area contributed by atoms with Crippen LogP contribution in [0.1, 0.15) is 20.3 Å². The Kier molecular flexibility index (Phi) is 2.98. The molecule has 1 atom stereocenters. The third-order valence-electron chi connectivity index (χ3n) is 2.82. The monoisotopic (exact) mass is 224 g/mol. The Bertz CT molecular complexity index is 414. The summed E-state index contributed by atoms with van der Waals surface area (Å²) in [6, 6.07) is 0. The van der Waals surface area contributed by atoms with Crippen molar-refractivity contribution in [2.24, 2.45) is 5.41 Å². The molecule has 1 rings (SSSR count). The van der Waals surface area contributed by atoms with E-state index in [-0.39, 0.29) is 12.0 Å². The number of aliphatic carboxylic acids is 2. The predicted molar refractivity (Wildman–Crippen MR) is 54.8 cm³/mol. The maximum atomic E-state index is 11.4. The second-order valence-corrected chi connectivity index (χ2v) is 3.81. The third kappa shape index (κ3) is 1.76. The Morgan fingerprint density at radius 2 is 1.88 bits per heavy atom. The molecule has 0 aliphatic heterocycles. The van der Waals surface area contributed by atoms with Crippen molar-refractivity contribution in [3.8, 4) is 0 Å². The highest BCUT2D eigenvalue weighted by Crippen LogP contribution is 2.35. The molecule has 5 heteroatoms. The van der Waals surface area contributed by atoms with Gasteiger partial charge in [-0.05, 0) is 19.4 Å². The van der Waals surface area contributed by atoms with E-state index in [0.29, 0.717) is 5.57 Å². The lowest BCUT2D eigenvalue weighted by molar-refractivity contribution is -0.151. The van der Waals surface area contributed by atoms with Gasteiger partial charge in [0.15, 0.2) is 5.78 Å². The summed E-state index contributed by atoms with van der Waals surface area (Å²) in [7, 11) is 0. The van der Waals surface area contributed by atoms with Crippen LogP contribution in [0.4, 0.5) is 0 Å². The standard InChI is InChI=1S/C11H12O5/c1-6-3-4-11(7(2)12,10(15)16)5-8(6)9(13)14/h3-4H,5H2,1-2H3,(H,13,14)(H,15,16). The number of hydrogen-bond acceptors (Lipinski definition) is 3. The van der Waals surface area contributed by atoms with Crippen molar-refractivity contribution < 1.29 is 24.6 Å². The van der Waals surface area contributed by atoms with E-state index in [4.69, 9.17) is 10.2 Å². The minimum absolute atomic E-state index is 0.0277. The summed E-state index contributed by atoms with van der Waals surface area (Å²) in [6.45, 7) is 2.73. The molecule has 0 heterocycles. The van der Waals surface area contributed by atoms with Gasteiger partial charge in [-0.3, -0.25) is 9.59 Å². The average Bonchev–Trinajstić information content (AvgIpc) is 2.17. The molecule has 2 N–H and O–H groups in total. The first-order valence-electron chi connectivity index (χ1n) is 4.68. The van der Waals surface area contributed by atoms with E-state index in [1.807, 2.05) is 0 Å². The zero-order valence-electron chi connectivity index (χ0n) is 8.98. The van der Waals surface area contributed by atoms with E-state index in [2.05, 4.69) is 0 Å². The van der Waals surface area contributed by atoms with Gasteiger partial charge in [0.05, 0.1) is 0 Å². The van der Waals surface area contributed by atoms with Crippen molar-refractivity contribution in [3.63, 3.8) is 0 Å². The number of carbonyl (C=O) groups is 3. The van der Waals surface area contributed by atoms with Gasteiger partial charge in [-0.2, -0.15) is 0 Å². The minimum atomic E-state index is -1.73. The quantitative estimate of drug-likeness (QED) is 0.698. The van der Waals surface area contributed by atoms with Crippen molar-refractivity contribution in [2.75, 3.05) is 0 Å². The van der Waals surface area contributed by atoms with E-state index >= 15 is 0 Å². The van der Waals surface area contributed by atoms with Crippen LogP contribution in [0.3, 0.4) is 0 Å². The summed E-state index contributed by atoms with van der Waals surface area (Å²) in [5.74, 6) is -3.07.